The van der Waals surface area contributed by atoms with Gasteiger partial charge in [-0.15, -0.1) is 0 Å². The number of hydrogen-bond acceptors (Lipinski definition) is 0. The molecule has 0 heteroatoms. The van der Waals surface area contributed by atoms with Gasteiger partial charge in [-0.1, -0.05) is 85.5 Å². The topological polar surface area (TPSA) is 0 Å². The molecule has 4 aromatic rings. The van der Waals surface area contributed by atoms with Crippen molar-refractivity contribution in [3.8, 4) is 11.1 Å². The fraction of sp³-hybridized carbons (Fsp3) is 0. The van der Waals surface area contributed by atoms with Gasteiger partial charge in [0.25, 0.3) is 0 Å². The van der Waals surface area contributed by atoms with Crippen LogP contribution in [0.3, 0.4) is 0 Å². The molecule has 4 rings (SSSR count). The molecule has 104 valence electrons. The monoisotopic (exact) mass is 280 g/mol. The van der Waals surface area contributed by atoms with Crippen LogP contribution in [0.5, 0.6) is 0 Å². The zero-order chi connectivity index (χ0) is 14.9. The van der Waals surface area contributed by atoms with E-state index in [1.165, 1.54) is 38.2 Å². The molecule has 4 aromatic carbocycles. The lowest BCUT2D eigenvalue weighted by atomic mass is 9.95. The molecule has 0 atom stereocenters. The van der Waals surface area contributed by atoms with E-state index in [2.05, 4.69) is 85.4 Å². The second kappa shape index (κ2) is 5.16. The summed E-state index contributed by atoms with van der Waals surface area (Å²) in [6.45, 7) is 3.93. The molecular weight excluding hydrogens is 264 g/mol. The molecule has 0 amide bonds. The maximum absolute atomic E-state index is 3.93. The Labute approximate surface area is 130 Å². The first-order valence-corrected chi connectivity index (χ1v) is 7.50. The average molecular weight is 280 g/mol. The summed E-state index contributed by atoms with van der Waals surface area (Å²) in [6.07, 6.45) is 1.92. The molecule has 0 nitrogen and oxygen atoms in total. The Hall–Kier alpha value is -2.86. The Kier molecular flexibility index (Phi) is 3.01. The summed E-state index contributed by atoms with van der Waals surface area (Å²) in [5.41, 5.74) is 3.63. The van der Waals surface area contributed by atoms with E-state index in [0.29, 0.717) is 0 Å². The molecule has 0 aliphatic rings. The van der Waals surface area contributed by atoms with Gasteiger partial charge < -0.3 is 0 Å². The average Bonchev–Trinajstić information content (AvgIpc) is 2.61. The standard InChI is InChI=1S/C22H16/c1-2-16-7-3-5-9-20(16)19-14-13-18-12-11-17-8-4-6-10-21(17)22(18)15-19/h2-15H,1H2. The van der Waals surface area contributed by atoms with Crippen molar-refractivity contribution >= 4 is 27.6 Å². The lowest BCUT2D eigenvalue weighted by molar-refractivity contribution is 1.61. The van der Waals surface area contributed by atoms with Crippen LogP contribution in [0.15, 0.2) is 85.4 Å². The van der Waals surface area contributed by atoms with Crippen molar-refractivity contribution in [2.75, 3.05) is 0 Å². The molecule has 0 N–H and O–H groups in total. The molecule has 0 heterocycles. The number of benzene rings is 4. The summed E-state index contributed by atoms with van der Waals surface area (Å²) < 4.78 is 0. The van der Waals surface area contributed by atoms with Crippen molar-refractivity contribution in [2.24, 2.45) is 0 Å². The summed E-state index contributed by atoms with van der Waals surface area (Å²) >= 11 is 0. The Bertz CT molecular complexity index is 993. The molecule has 0 saturated heterocycles. The van der Waals surface area contributed by atoms with E-state index >= 15 is 0 Å². The lowest BCUT2D eigenvalue weighted by Crippen LogP contribution is -1.84. The van der Waals surface area contributed by atoms with Gasteiger partial charge in [0, 0.05) is 0 Å². The third kappa shape index (κ3) is 2.01. The highest BCUT2D eigenvalue weighted by Gasteiger charge is 2.05. The molecule has 0 spiro atoms. The van der Waals surface area contributed by atoms with Crippen LogP contribution >= 0.6 is 0 Å². The van der Waals surface area contributed by atoms with Gasteiger partial charge in [0.05, 0.1) is 0 Å². The van der Waals surface area contributed by atoms with Crippen molar-refractivity contribution in [1.82, 2.24) is 0 Å². The van der Waals surface area contributed by atoms with Crippen LogP contribution in [-0.2, 0) is 0 Å². The highest BCUT2D eigenvalue weighted by molar-refractivity contribution is 6.08. The number of fused-ring (bicyclic) bond motifs is 3. The van der Waals surface area contributed by atoms with Gasteiger partial charge in [-0.2, -0.15) is 0 Å². The lowest BCUT2D eigenvalue weighted by Gasteiger charge is -2.09. The SMILES string of the molecule is C=Cc1ccccc1-c1ccc2ccc3ccccc3c2c1. The van der Waals surface area contributed by atoms with Crippen LogP contribution in [0, 0.1) is 0 Å². The molecule has 22 heavy (non-hydrogen) atoms. The normalized spacial score (nSPS) is 10.9. The van der Waals surface area contributed by atoms with Crippen LogP contribution in [-0.4, -0.2) is 0 Å². The van der Waals surface area contributed by atoms with E-state index in [4.69, 9.17) is 0 Å². The van der Waals surface area contributed by atoms with Crippen LogP contribution in [0.25, 0.3) is 38.7 Å². The molecule has 0 fully saturated rings. The number of hydrogen-bond donors (Lipinski definition) is 0. The highest BCUT2D eigenvalue weighted by Crippen LogP contribution is 2.31. The van der Waals surface area contributed by atoms with Gasteiger partial charge in [0.1, 0.15) is 0 Å². The van der Waals surface area contributed by atoms with E-state index in [0.717, 1.165) is 0 Å². The minimum Gasteiger partial charge on any atom is -0.0984 e. The fourth-order valence-electron chi connectivity index (χ4n) is 3.11. The Morgan fingerprint density at radius 2 is 1.32 bits per heavy atom. The Morgan fingerprint density at radius 1 is 0.636 bits per heavy atom. The van der Waals surface area contributed by atoms with Gasteiger partial charge in [-0.05, 0) is 44.3 Å². The van der Waals surface area contributed by atoms with Crippen LogP contribution in [0.4, 0.5) is 0 Å². The third-order valence-electron chi connectivity index (χ3n) is 4.24. The van der Waals surface area contributed by atoms with E-state index in [-0.39, 0.29) is 0 Å². The van der Waals surface area contributed by atoms with Crippen molar-refractivity contribution in [3.63, 3.8) is 0 Å². The van der Waals surface area contributed by atoms with Crippen molar-refractivity contribution < 1.29 is 0 Å². The molecule has 0 saturated carbocycles. The first-order chi connectivity index (χ1) is 10.9. The van der Waals surface area contributed by atoms with Crippen molar-refractivity contribution in [1.29, 1.82) is 0 Å². The molecule has 0 bridgehead atoms. The zero-order valence-electron chi connectivity index (χ0n) is 12.3. The van der Waals surface area contributed by atoms with Gasteiger partial charge in [0.15, 0.2) is 0 Å². The smallest absolute Gasteiger partial charge is 0.00992 e. The second-order valence-electron chi connectivity index (χ2n) is 5.51. The zero-order valence-corrected chi connectivity index (χ0v) is 12.3. The van der Waals surface area contributed by atoms with E-state index in [1.54, 1.807) is 0 Å². The summed E-state index contributed by atoms with van der Waals surface area (Å²) in [5, 5.41) is 5.16. The molecular formula is C22H16. The predicted molar refractivity (Wildman–Crippen MR) is 97.0 cm³/mol. The summed E-state index contributed by atoms with van der Waals surface area (Å²) in [6, 6.07) is 28.0. The maximum Gasteiger partial charge on any atom is -0.00992 e. The number of rotatable bonds is 2. The van der Waals surface area contributed by atoms with E-state index in [1.807, 2.05) is 6.08 Å². The van der Waals surface area contributed by atoms with E-state index in [9.17, 15) is 0 Å². The Balaban J connectivity index is 2.04. The van der Waals surface area contributed by atoms with Crippen LogP contribution in [0.2, 0.25) is 0 Å². The van der Waals surface area contributed by atoms with Gasteiger partial charge in [-0.3, -0.25) is 0 Å². The van der Waals surface area contributed by atoms with Gasteiger partial charge in [0.2, 0.25) is 0 Å². The minimum absolute atomic E-state index is 1.17. The molecule has 0 aliphatic carbocycles. The molecule has 0 aliphatic heterocycles. The van der Waals surface area contributed by atoms with Gasteiger partial charge in [-0.25, -0.2) is 0 Å². The third-order valence-corrected chi connectivity index (χ3v) is 4.24. The molecule has 0 unspecified atom stereocenters. The Morgan fingerprint density at radius 3 is 2.18 bits per heavy atom. The highest BCUT2D eigenvalue weighted by atomic mass is 14.1. The molecule has 0 aromatic heterocycles. The van der Waals surface area contributed by atoms with Crippen molar-refractivity contribution in [3.05, 3.63) is 91.0 Å². The largest absolute Gasteiger partial charge is 0.0984 e. The second-order valence-corrected chi connectivity index (χ2v) is 5.51. The van der Waals surface area contributed by atoms with Gasteiger partial charge >= 0.3 is 0 Å². The van der Waals surface area contributed by atoms with Crippen LogP contribution < -0.4 is 0 Å². The first-order valence-electron chi connectivity index (χ1n) is 7.50. The molecule has 0 radical (unpaired) electrons. The minimum atomic E-state index is 1.17. The summed E-state index contributed by atoms with van der Waals surface area (Å²) in [5.74, 6) is 0. The van der Waals surface area contributed by atoms with E-state index < -0.39 is 0 Å². The van der Waals surface area contributed by atoms with Crippen molar-refractivity contribution in [2.45, 2.75) is 0 Å². The quantitative estimate of drug-likeness (QED) is 0.378. The summed E-state index contributed by atoms with van der Waals surface area (Å²) in [7, 11) is 0. The fourth-order valence-corrected chi connectivity index (χ4v) is 3.11. The first kappa shape index (κ1) is 12.8. The summed E-state index contributed by atoms with van der Waals surface area (Å²) in [4.78, 5) is 0. The van der Waals surface area contributed by atoms with Crippen LogP contribution in [0.1, 0.15) is 5.56 Å². The predicted octanol–water partition coefficient (Wildman–Crippen LogP) is 6.30. The maximum atomic E-state index is 3.93.